The largest absolute Gasteiger partial charge is 0.462 e. The minimum absolute atomic E-state index is 0.217. The van der Waals surface area contributed by atoms with Crippen LogP contribution in [0.5, 0.6) is 0 Å². The summed E-state index contributed by atoms with van der Waals surface area (Å²) in [6.07, 6.45) is 38.5. The molecule has 0 aromatic heterocycles. The van der Waals surface area contributed by atoms with Crippen molar-refractivity contribution >= 4 is 5.97 Å². The van der Waals surface area contributed by atoms with Gasteiger partial charge in [-0.25, -0.2) is 4.79 Å². The van der Waals surface area contributed by atoms with Gasteiger partial charge in [0.25, 0.3) is 0 Å². The molecule has 42 heavy (non-hydrogen) atoms. The zero-order valence-electron chi connectivity index (χ0n) is 29.8. The molecule has 0 bridgehead atoms. The van der Waals surface area contributed by atoms with Crippen molar-refractivity contribution < 1.29 is 9.53 Å². The number of unbranched alkanes of at least 4 members (excludes halogenated alkanes) is 18. The maximum atomic E-state index is 12.0. The lowest BCUT2D eigenvalue weighted by molar-refractivity contribution is -0.140. The van der Waals surface area contributed by atoms with E-state index in [9.17, 15) is 4.79 Å². The third kappa shape index (κ3) is 29.3. The summed E-state index contributed by atoms with van der Waals surface area (Å²) >= 11 is 0. The van der Waals surface area contributed by atoms with E-state index >= 15 is 0 Å². The second-order valence-corrected chi connectivity index (χ2v) is 14.3. The Morgan fingerprint density at radius 2 is 0.786 bits per heavy atom. The topological polar surface area (TPSA) is 26.3 Å². The molecular weight excluding hydrogens is 512 g/mol. The van der Waals surface area contributed by atoms with E-state index < -0.39 is 0 Å². The molecule has 2 nitrogen and oxygen atoms in total. The smallest absolute Gasteiger partial charge is 0.333 e. The molecule has 3 unspecified atom stereocenters. The van der Waals surface area contributed by atoms with Crippen molar-refractivity contribution in [3.63, 3.8) is 0 Å². The standard InChI is InChI=1S/C40H78O2/c1-7-9-11-17-23-29-37(5)31-25-19-14-13-15-21-27-33-39(35-42-40(41)36(3)4)34-28-22-16-20-26-32-38(6)30-24-18-12-10-8-2/h37-39H,3,7-35H2,1-2,4-6H3. The highest BCUT2D eigenvalue weighted by Gasteiger charge is 2.13. The van der Waals surface area contributed by atoms with Crippen molar-refractivity contribution in [3.8, 4) is 0 Å². The first-order valence-electron chi connectivity index (χ1n) is 19.2. The zero-order chi connectivity index (χ0) is 31.1. The molecule has 0 N–H and O–H groups in total. The fourth-order valence-corrected chi connectivity index (χ4v) is 6.37. The lowest BCUT2D eigenvalue weighted by atomic mass is 9.93. The molecule has 0 fully saturated rings. The van der Waals surface area contributed by atoms with Crippen LogP contribution in [-0.2, 0) is 9.53 Å². The Kier molecular flexibility index (Phi) is 31.0. The normalized spacial score (nSPS) is 13.6. The van der Waals surface area contributed by atoms with E-state index in [1.807, 2.05) is 0 Å². The molecule has 0 aliphatic carbocycles. The third-order valence-corrected chi connectivity index (χ3v) is 9.52. The molecule has 0 heterocycles. The van der Waals surface area contributed by atoms with Gasteiger partial charge in [-0.1, -0.05) is 201 Å². The molecule has 0 aliphatic heterocycles. The number of hydrogen-bond donors (Lipinski definition) is 0. The third-order valence-electron chi connectivity index (χ3n) is 9.52. The maximum Gasteiger partial charge on any atom is 0.333 e. The molecule has 0 saturated heterocycles. The average molecular weight is 591 g/mol. The van der Waals surface area contributed by atoms with Crippen LogP contribution in [0, 0.1) is 17.8 Å². The van der Waals surface area contributed by atoms with Gasteiger partial charge < -0.3 is 4.74 Å². The van der Waals surface area contributed by atoms with Gasteiger partial charge in [-0.2, -0.15) is 0 Å². The molecule has 0 amide bonds. The lowest BCUT2D eigenvalue weighted by Gasteiger charge is -2.17. The van der Waals surface area contributed by atoms with E-state index in [2.05, 4.69) is 34.3 Å². The second kappa shape index (κ2) is 31.6. The summed E-state index contributed by atoms with van der Waals surface area (Å²) < 4.78 is 5.59. The van der Waals surface area contributed by atoms with Gasteiger partial charge in [-0.15, -0.1) is 0 Å². The summed E-state index contributed by atoms with van der Waals surface area (Å²) in [5.74, 6) is 2.12. The van der Waals surface area contributed by atoms with Crippen molar-refractivity contribution in [3.05, 3.63) is 12.2 Å². The quantitative estimate of drug-likeness (QED) is 0.0431. The predicted molar refractivity (Wildman–Crippen MR) is 188 cm³/mol. The molecule has 0 aromatic rings. The molecule has 0 saturated carbocycles. The Morgan fingerprint density at radius 1 is 0.500 bits per heavy atom. The van der Waals surface area contributed by atoms with Crippen molar-refractivity contribution in [2.24, 2.45) is 17.8 Å². The summed E-state index contributed by atoms with van der Waals surface area (Å²) in [6, 6.07) is 0. The number of carbonyl (C=O) groups excluding carboxylic acids is 1. The van der Waals surface area contributed by atoms with Crippen LogP contribution in [0.15, 0.2) is 12.2 Å². The van der Waals surface area contributed by atoms with Crippen LogP contribution in [0.4, 0.5) is 0 Å². The number of ether oxygens (including phenoxy) is 1. The molecule has 250 valence electrons. The number of hydrogen-bond acceptors (Lipinski definition) is 2. The van der Waals surface area contributed by atoms with E-state index in [4.69, 9.17) is 4.74 Å². The van der Waals surface area contributed by atoms with Gasteiger partial charge >= 0.3 is 5.97 Å². The van der Waals surface area contributed by atoms with Gasteiger partial charge in [0.2, 0.25) is 0 Å². The van der Waals surface area contributed by atoms with Crippen LogP contribution in [0.2, 0.25) is 0 Å². The molecule has 0 spiro atoms. The highest BCUT2D eigenvalue weighted by Crippen LogP contribution is 2.22. The Morgan fingerprint density at radius 3 is 1.10 bits per heavy atom. The highest BCUT2D eigenvalue weighted by molar-refractivity contribution is 5.86. The lowest BCUT2D eigenvalue weighted by Crippen LogP contribution is -2.15. The minimum Gasteiger partial charge on any atom is -0.462 e. The first-order valence-corrected chi connectivity index (χ1v) is 19.2. The molecule has 0 radical (unpaired) electrons. The predicted octanol–water partition coefficient (Wildman–Crippen LogP) is 14.0. The van der Waals surface area contributed by atoms with E-state index in [-0.39, 0.29) is 5.97 Å². The van der Waals surface area contributed by atoms with Crippen molar-refractivity contribution in [2.75, 3.05) is 6.61 Å². The van der Waals surface area contributed by atoms with Gasteiger partial charge in [-0.3, -0.25) is 0 Å². The number of carbonyl (C=O) groups is 1. The number of esters is 1. The SMILES string of the molecule is C=C(C)C(=O)OCC(CCCCCCCCCC(C)CCCCCCC)CCCCCCCC(C)CCCCCCC. The van der Waals surface area contributed by atoms with Crippen molar-refractivity contribution in [1.82, 2.24) is 0 Å². The Balaban J connectivity index is 3.91. The molecule has 0 aromatic carbocycles. The van der Waals surface area contributed by atoms with Crippen LogP contribution < -0.4 is 0 Å². The van der Waals surface area contributed by atoms with Gasteiger partial charge in [0.05, 0.1) is 6.61 Å². The molecule has 0 aliphatic rings. The molecule has 0 rings (SSSR count). The van der Waals surface area contributed by atoms with Crippen LogP contribution in [0.25, 0.3) is 0 Å². The van der Waals surface area contributed by atoms with E-state index in [0.717, 1.165) is 11.8 Å². The van der Waals surface area contributed by atoms with Gasteiger partial charge in [0.1, 0.15) is 0 Å². The fraction of sp³-hybridized carbons (Fsp3) is 0.925. The Bertz CT molecular complexity index is 582. The summed E-state index contributed by atoms with van der Waals surface area (Å²) in [7, 11) is 0. The number of rotatable bonds is 33. The van der Waals surface area contributed by atoms with Crippen LogP contribution in [0.1, 0.15) is 214 Å². The Hall–Kier alpha value is -0.790. The monoisotopic (exact) mass is 591 g/mol. The molecular formula is C40H78O2. The van der Waals surface area contributed by atoms with Crippen LogP contribution in [0.3, 0.4) is 0 Å². The zero-order valence-corrected chi connectivity index (χ0v) is 29.8. The van der Waals surface area contributed by atoms with Crippen LogP contribution >= 0.6 is 0 Å². The van der Waals surface area contributed by atoms with E-state index in [0.29, 0.717) is 18.1 Å². The Labute approximate surface area is 266 Å². The summed E-state index contributed by atoms with van der Waals surface area (Å²) in [4.78, 5) is 12.0. The second-order valence-electron chi connectivity index (χ2n) is 14.3. The summed E-state index contributed by atoms with van der Waals surface area (Å²) in [5.41, 5.74) is 0.519. The van der Waals surface area contributed by atoms with E-state index in [1.54, 1.807) is 6.92 Å². The first kappa shape index (κ1) is 41.2. The minimum atomic E-state index is -0.217. The van der Waals surface area contributed by atoms with E-state index in [1.165, 1.54) is 180 Å². The summed E-state index contributed by atoms with van der Waals surface area (Å²) in [5, 5.41) is 0. The fourth-order valence-electron chi connectivity index (χ4n) is 6.37. The first-order chi connectivity index (χ1) is 20.4. The average Bonchev–Trinajstić information content (AvgIpc) is 2.97. The van der Waals surface area contributed by atoms with Gasteiger partial charge in [-0.05, 0) is 37.5 Å². The van der Waals surface area contributed by atoms with Gasteiger partial charge in [0.15, 0.2) is 0 Å². The van der Waals surface area contributed by atoms with Crippen molar-refractivity contribution in [1.29, 1.82) is 0 Å². The molecule has 3 atom stereocenters. The van der Waals surface area contributed by atoms with Gasteiger partial charge in [0, 0.05) is 5.57 Å². The highest BCUT2D eigenvalue weighted by atomic mass is 16.5. The van der Waals surface area contributed by atoms with Crippen molar-refractivity contribution in [2.45, 2.75) is 214 Å². The van der Waals surface area contributed by atoms with Crippen LogP contribution in [-0.4, -0.2) is 12.6 Å². The summed E-state index contributed by atoms with van der Waals surface area (Å²) in [6.45, 7) is 15.6. The maximum absolute atomic E-state index is 12.0. The molecule has 2 heteroatoms.